The molecule has 0 bridgehead atoms. The molecular formula is C20H16N6O2S4. The number of para-hydroxylation sites is 2. The van der Waals surface area contributed by atoms with Crippen molar-refractivity contribution >= 4 is 69.8 Å². The predicted molar refractivity (Wildman–Crippen MR) is 133 cm³/mol. The van der Waals surface area contributed by atoms with E-state index in [9.17, 15) is 0 Å². The minimum atomic E-state index is 0.360. The van der Waals surface area contributed by atoms with Crippen LogP contribution in [0, 0.1) is 7.91 Å². The SMILES string of the molecule is S=c1[nH]nc(/N=C\c2ccccc2OCCOc2ccccc2/C=N/c2n[nH]c(=S)s2)s1. The van der Waals surface area contributed by atoms with Gasteiger partial charge in [-0.3, -0.25) is 10.2 Å². The second kappa shape index (κ2) is 11.0. The van der Waals surface area contributed by atoms with Crippen LogP contribution in [0.3, 0.4) is 0 Å². The zero-order chi connectivity index (χ0) is 22.2. The van der Waals surface area contributed by atoms with Crippen LogP contribution < -0.4 is 9.47 Å². The van der Waals surface area contributed by atoms with Crippen molar-refractivity contribution in [1.29, 1.82) is 0 Å². The third-order valence-electron chi connectivity index (χ3n) is 3.92. The third kappa shape index (κ3) is 6.23. The van der Waals surface area contributed by atoms with Crippen molar-refractivity contribution in [1.82, 2.24) is 20.4 Å². The summed E-state index contributed by atoms with van der Waals surface area (Å²) in [5, 5.41) is 14.6. The first-order chi connectivity index (χ1) is 15.7. The Labute approximate surface area is 201 Å². The average molecular weight is 501 g/mol. The lowest BCUT2D eigenvalue weighted by molar-refractivity contribution is 0.217. The molecule has 4 aromatic rings. The van der Waals surface area contributed by atoms with E-state index in [0.717, 1.165) is 11.1 Å². The van der Waals surface area contributed by atoms with E-state index in [1.54, 1.807) is 12.4 Å². The van der Waals surface area contributed by atoms with Gasteiger partial charge in [-0.2, -0.15) is 0 Å². The quantitative estimate of drug-likeness (QED) is 0.174. The maximum atomic E-state index is 5.91. The Morgan fingerprint density at radius 1 is 0.750 bits per heavy atom. The Hall–Kier alpha value is -3.06. The van der Waals surface area contributed by atoms with Crippen LogP contribution in [0.15, 0.2) is 58.5 Å². The number of hydrogen-bond donors (Lipinski definition) is 2. The van der Waals surface area contributed by atoms with Gasteiger partial charge >= 0.3 is 0 Å². The van der Waals surface area contributed by atoms with Crippen LogP contribution in [0.2, 0.25) is 0 Å². The van der Waals surface area contributed by atoms with Crippen molar-refractivity contribution in [3.8, 4) is 11.5 Å². The van der Waals surface area contributed by atoms with E-state index in [0.29, 0.717) is 42.9 Å². The minimum absolute atomic E-state index is 0.360. The maximum Gasteiger partial charge on any atom is 0.230 e. The normalized spacial score (nSPS) is 11.4. The molecule has 0 spiro atoms. The molecule has 12 heteroatoms. The highest BCUT2D eigenvalue weighted by Gasteiger charge is 2.04. The van der Waals surface area contributed by atoms with E-state index in [1.807, 2.05) is 48.5 Å². The Bertz CT molecular complexity index is 1250. The number of nitrogens with zero attached hydrogens (tertiary/aromatic N) is 4. The van der Waals surface area contributed by atoms with Gasteiger partial charge in [-0.25, -0.2) is 9.98 Å². The summed E-state index contributed by atoms with van der Waals surface area (Å²) in [5.74, 6) is 1.40. The van der Waals surface area contributed by atoms with Gasteiger partial charge in [0.05, 0.1) is 0 Å². The molecule has 2 aromatic heterocycles. The fraction of sp³-hybridized carbons (Fsp3) is 0.100. The van der Waals surface area contributed by atoms with Crippen molar-refractivity contribution in [2.75, 3.05) is 13.2 Å². The third-order valence-corrected chi connectivity index (χ3v) is 5.91. The number of rotatable bonds is 9. The summed E-state index contributed by atoms with van der Waals surface area (Å²) in [4.78, 5) is 8.68. The molecule has 0 radical (unpaired) electrons. The van der Waals surface area contributed by atoms with Crippen LogP contribution in [-0.4, -0.2) is 46.0 Å². The van der Waals surface area contributed by atoms with E-state index in [4.69, 9.17) is 33.9 Å². The molecular weight excluding hydrogens is 485 g/mol. The van der Waals surface area contributed by atoms with Gasteiger partial charge in [0, 0.05) is 23.6 Å². The lowest BCUT2D eigenvalue weighted by atomic mass is 10.2. The molecule has 2 heterocycles. The summed E-state index contributed by atoms with van der Waals surface area (Å²) >= 11 is 12.7. The number of aromatic amines is 2. The largest absolute Gasteiger partial charge is 0.489 e. The van der Waals surface area contributed by atoms with E-state index in [1.165, 1.54) is 22.7 Å². The zero-order valence-electron chi connectivity index (χ0n) is 16.4. The van der Waals surface area contributed by atoms with Crippen molar-refractivity contribution < 1.29 is 9.47 Å². The molecule has 2 aromatic carbocycles. The van der Waals surface area contributed by atoms with Gasteiger partial charge in [-0.15, -0.1) is 10.2 Å². The summed E-state index contributed by atoms with van der Waals surface area (Å²) in [6, 6.07) is 15.2. The highest BCUT2D eigenvalue weighted by Crippen LogP contribution is 2.21. The Kier molecular flexibility index (Phi) is 7.61. The van der Waals surface area contributed by atoms with Gasteiger partial charge in [0.1, 0.15) is 24.7 Å². The molecule has 8 nitrogen and oxygen atoms in total. The standard InChI is InChI=1S/C20H16N6O2S4/c29-19-25-23-17(31-19)21-11-13-5-1-3-7-15(13)27-9-10-28-16-8-4-2-6-14(16)12-22-18-24-26-20(30)32-18/h1-8,11-12H,9-10H2,(H,25,29)(H,26,30)/b21-11-,22-12+. The highest BCUT2D eigenvalue weighted by atomic mass is 32.2. The van der Waals surface area contributed by atoms with Crippen molar-refractivity contribution in [2.24, 2.45) is 9.98 Å². The summed E-state index contributed by atoms with van der Waals surface area (Å²) in [5.41, 5.74) is 1.67. The Balaban J connectivity index is 1.35. The predicted octanol–water partition coefficient (Wildman–Crippen LogP) is 5.67. The smallest absolute Gasteiger partial charge is 0.230 e. The van der Waals surface area contributed by atoms with Crippen LogP contribution in [0.4, 0.5) is 10.3 Å². The molecule has 0 atom stereocenters. The lowest BCUT2D eigenvalue weighted by Crippen LogP contribution is -2.10. The fourth-order valence-electron chi connectivity index (χ4n) is 2.54. The second-order valence-corrected chi connectivity index (χ2v) is 9.37. The molecule has 0 saturated carbocycles. The van der Waals surface area contributed by atoms with Crippen LogP contribution in [-0.2, 0) is 0 Å². The van der Waals surface area contributed by atoms with Crippen LogP contribution in [0.1, 0.15) is 11.1 Å². The fourth-order valence-corrected chi connectivity index (χ4v) is 3.99. The van der Waals surface area contributed by atoms with Crippen LogP contribution in [0.5, 0.6) is 11.5 Å². The van der Waals surface area contributed by atoms with E-state index >= 15 is 0 Å². The van der Waals surface area contributed by atoms with Gasteiger partial charge in [0.2, 0.25) is 10.3 Å². The van der Waals surface area contributed by atoms with Gasteiger partial charge in [0.25, 0.3) is 0 Å². The van der Waals surface area contributed by atoms with Gasteiger partial charge < -0.3 is 9.47 Å². The van der Waals surface area contributed by atoms with Crippen molar-refractivity contribution in [2.45, 2.75) is 0 Å². The molecule has 0 amide bonds. The number of benzene rings is 2. The molecule has 0 unspecified atom stereocenters. The molecule has 0 aliphatic carbocycles. The lowest BCUT2D eigenvalue weighted by Gasteiger charge is -2.11. The van der Waals surface area contributed by atoms with E-state index < -0.39 is 0 Å². The number of H-pyrrole nitrogens is 2. The molecule has 2 N–H and O–H groups in total. The minimum Gasteiger partial charge on any atom is -0.489 e. The van der Waals surface area contributed by atoms with Crippen LogP contribution >= 0.6 is 47.1 Å². The maximum absolute atomic E-state index is 5.91. The summed E-state index contributed by atoms with van der Waals surface area (Å²) in [6.07, 6.45) is 3.40. The van der Waals surface area contributed by atoms with Gasteiger partial charge in [-0.1, -0.05) is 46.9 Å². The van der Waals surface area contributed by atoms with Crippen molar-refractivity contribution in [3.05, 3.63) is 67.6 Å². The summed E-state index contributed by atoms with van der Waals surface area (Å²) in [6.45, 7) is 0.719. The first-order valence-electron chi connectivity index (χ1n) is 9.30. The Morgan fingerprint density at radius 2 is 1.19 bits per heavy atom. The molecule has 0 aliphatic heterocycles. The zero-order valence-corrected chi connectivity index (χ0v) is 19.7. The molecule has 0 saturated heterocycles. The van der Waals surface area contributed by atoms with Crippen molar-refractivity contribution in [3.63, 3.8) is 0 Å². The highest BCUT2D eigenvalue weighted by molar-refractivity contribution is 7.73. The van der Waals surface area contributed by atoms with E-state index in [-0.39, 0.29) is 0 Å². The average Bonchev–Trinajstić information content (AvgIpc) is 3.42. The number of nitrogens with one attached hydrogen (secondary N) is 2. The first kappa shape index (κ1) is 22.1. The summed E-state index contributed by atoms with van der Waals surface area (Å²) in [7, 11) is 0. The molecule has 0 fully saturated rings. The van der Waals surface area contributed by atoms with Gasteiger partial charge in [-0.05, 0) is 48.7 Å². The van der Waals surface area contributed by atoms with E-state index in [2.05, 4.69) is 30.4 Å². The number of hydrogen-bond acceptors (Lipinski definition) is 10. The first-order valence-corrected chi connectivity index (χ1v) is 11.7. The molecule has 162 valence electrons. The number of aromatic nitrogens is 4. The number of ether oxygens (including phenoxy) is 2. The van der Waals surface area contributed by atoms with Crippen LogP contribution in [0.25, 0.3) is 0 Å². The molecule has 4 rings (SSSR count). The summed E-state index contributed by atoms with van der Waals surface area (Å²) < 4.78 is 13.0. The molecule has 32 heavy (non-hydrogen) atoms. The second-order valence-electron chi connectivity index (χ2n) is 6.08. The molecule has 0 aliphatic rings. The van der Waals surface area contributed by atoms with Gasteiger partial charge in [0.15, 0.2) is 7.91 Å². The number of aliphatic imine (C=N–C) groups is 2. The Morgan fingerprint density at radius 3 is 1.59 bits per heavy atom. The topological polar surface area (TPSA) is 101 Å². The monoisotopic (exact) mass is 500 g/mol.